The Balaban J connectivity index is 1.64. The first-order chi connectivity index (χ1) is 13.2. The van der Waals surface area contributed by atoms with Crippen molar-refractivity contribution in [2.45, 2.75) is 70.8 Å². The van der Waals surface area contributed by atoms with Gasteiger partial charge in [0.05, 0.1) is 0 Å². The topological polar surface area (TPSA) is 12.0 Å². The molecule has 2 aromatic rings. The second kappa shape index (κ2) is 12.3. The summed E-state index contributed by atoms with van der Waals surface area (Å²) < 4.78 is 13.0. The van der Waals surface area contributed by atoms with Gasteiger partial charge in [-0.3, -0.25) is 0 Å². The van der Waals surface area contributed by atoms with Gasteiger partial charge in [0.25, 0.3) is 0 Å². The van der Waals surface area contributed by atoms with Gasteiger partial charge in [0, 0.05) is 11.7 Å². The lowest BCUT2D eigenvalue weighted by Gasteiger charge is -2.21. The van der Waals surface area contributed by atoms with E-state index in [0.29, 0.717) is 6.04 Å². The molecule has 1 unspecified atom stereocenters. The maximum absolute atomic E-state index is 13.0. The van der Waals surface area contributed by atoms with Crippen LogP contribution in [0.1, 0.15) is 63.0 Å². The largest absolute Gasteiger partial charge is 0.386 e. The van der Waals surface area contributed by atoms with E-state index in [-0.39, 0.29) is 5.82 Å². The summed E-state index contributed by atoms with van der Waals surface area (Å²) in [6, 6.07) is 18.0. The van der Waals surface area contributed by atoms with Crippen LogP contribution >= 0.6 is 0 Å². The van der Waals surface area contributed by atoms with Gasteiger partial charge in [0.2, 0.25) is 0 Å². The van der Waals surface area contributed by atoms with E-state index in [9.17, 15) is 4.39 Å². The van der Waals surface area contributed by atoms with Gasteiger partial charge in [-0.1, -0.05) is 75.2 Å². The van der Waals surface area contributed by atoms with Gasteiger partial charge >= 0.3 is 0 Å². The van der Waals surface area contributed by atoms with Crippen molar-refractivity contribution in [1.82, 2.24) is 5.32 Å². The molecule has 1 nitrogen and oxygen atoms in total. The highest BCUT2D eigenvalue weighted by Crippen LogP contribution is 2.14. The van der Waals surface area contributed by atoms with E-state index in [4.69, 9.17) is 0 Å². The van der Waals surface area contributed by atoms with E-state index < -0.39 is 0 Å². The van der Waals surface area contributed by atoms with Crippen LogP contribution in [0.25, 0.3) is 0 Å². The van der Waals surface area contributed by atoms with Crippen LogP contribution in [-0.4, -0.2) is 6.04 Å². The van der Waals surface area contributed by atoms with Crippen molar-refractivity contribution < 1.29 is 4.39 Å². The summed E-state index contributed by atoms with van der Waals surface area (Å²) in [5.74, 6) is -0.175. The molecule has 0 fully saturated rings. The molecule has 1 atom stereocenters. The Kier molecular flexibility index (Phi) is 9.68. The zero-order valence-corrected chi connectivity index (χ0v) is 16.7. The van der Waals surface area contributed by atoms with E-state index in [1.54, 1.807) is 0 Å². The summed E-state index contributed by atoms with van der Waals surface area (Å²) in [7, 11) is 0. The SMILES string of the molecule is C=C(CCc1ccc(F)cc1)NC(CCC)CCCCCc1ccccc1. The minimum atomic E-state index is -0.175. The Bertz CT molecular complexity index is 648. The summed E-state index contributed by atoms with van der Waals surface area (Å²) in [5, 5.41) is 3.64. The highest BCUT2D eigenvalue weighted by atomic mass is 19.1. The third-order valence-electron chi connectivity index (χ3n) is 5.03. The van der Waals surface area contributed by atoms with Gasteiger partial charge in [-0.05, 0) is 61.8 Å². The van der Waals surface area contributed by atoms with Crippen LogP contribution in [0.4, 0.5) is 4.39 Å². The Morgan fingerprint density at radius 2 is 1.59 bits per heavy atom. The molecule has 0 saturated carbocycles. The Labute approximate surface area is 164 Å². The minimum Gasteiger partial charge on any atom is -0.386 e. The van der Waals surface area contributed by atoms with E-state index in [1.807, 2.05) is 12.1 Å². The molecule has 2 aromatic carbocycles. The zero-order valence-electron chi connectivity index (χ0n) is 16.7. The highest BCUT2D eigenvalue weighted by molar-refractivity contribution is 5.17. The van der Waals surface area contributed by atoms with Crippen LogP contribution in [0.2, 0.25) is 0 Å². The average Bonchev–Trinajstić information content (AvgIpc) is 2.68. The number of benzene rings is 2. The number of nitrogens with one attached hydrogen (secondary N) is 1. The molecule has 0 aliphatic heterocycles. The second-order valence-electron chi connectivity index (χ2n) is 7.44. The lowest BCUT2D eigenvalue weighted by atomic mass is 10.0. The number of hydrogen-bond acceptors (Lipinski definition) is 1. The molecule has 27 heavy (non-hydrogen) atoms. The van der Waals surface area contributed by atoms with Crippen LogP contribution in [0.3, 0.4) is 0 Å². The summed E-state index contributed by atoms with van der Waals surface area (Å²) in [5.41, 5.74) is 3.70. The summed E-state index contributed by atoms with van der Waals surface area (Å²) in [4.78, 5) is 0. The summed E-state index contributed by atoms with van der Waals surface area (Å²) >= 11 is 0. The van der Waals surface area contributed by atoms with Crippen molar-refractivity contribution in [3.63, 3.8) is 0 Å². The number of hydrogen-bond donors (Lipinski definition) is 1. The maximum atomic E-state index is 13.0. The van der Waals surface area contributed by atoms with Gasteiger partial charge < -0.3 is 5.32 Å². The Hall–Kier alpha value is -2.09. The van der Waals surface area contributed by atoms with Gasteiger partial charge in [-0.2, -0.15) is 0 Å². The lowest BCUT2D eigenvalue weighted by molar-refractivity contribution is 0.455. The van der Waals surface area contributed by atoms with Crippen molar-refractivity contribution in [2.24, 2.45) is 0 Å². The lowest BCUT2D eigenvalue weighted by Crippen LogP contribution is -2.28. The molecule has 0 aliphatic carbocycles. The minimum absolute atomic E-state index is 0.175. The van der Waals surface area contributed by atoms with Crippen LogP contribution in [0, 0.1) is 5.82 Å². The van der Waals surface area contributed by atoms with Gasteiger partial charge in [0.1, 0.15) is 5.82 Å². The average molecular weight is 368 g/mol. The standard InChI is InChI=1S/C25H34FN/c1-3-10-25(14-9-5-8-13-22-11-6-4-7-12-22)27-21(2)15-16-23-17-19-24(26)20-18-23/h4,6-7,11-12,17-20,25,27H,2-3,5,8-10,13-16H2,1H3. The van der Waals surface area contributed by atoms with Gasteiger partial charge in [-0.15, -0.1) is 0 Å². The first kappa shape index (κ1) is 21.2. The fourth-order valence-electron chi connectivity index (χ4n) is 3.49. The van der Waals surface area contributed by atoms with Crippen LogP contribution in [0.15, 0.2) is 66.9 Å². The molecule has 146 valence electrons. The molecule has 0 heterocycles. The quantitative estimate of drug-likeness (QED) is 0.382. The highest BCUT2D eigenvalue weighted by Gasteiger charge is 2.08. The predicted molar refractivity (Wildman–Crippen MR) is 114 cm³/mol. The molecule has 0 aromatic heterocycles. The van der Waals surface area contributed by atoms with Crippen LogP contribution in [0.5, 0.6) is 0 Å². The first-order valence-corrected chi connectivity index (χ1v) is 10.4. The molecule has 2 heteroatoms. The predicted octanol–water partition coefficient (Wildman–Crippen LogP) is 6.83. The van der Waals surface area contributed by atoms with E-state index in [0.717, 1.165) is 24.1 Å². The van der Waals surface area contributed by atoms with Gasteiger partial charge in [-0.25, -0.2) is 4.39 Å². The van der Waals surface area contributed by atoms with Crippen molar-refractivity contribution >= 4 is 0 Å². The van der Waals surface area contributed by atoms with Crippen LogP contribution in [-0.2, 0) is 12.8 Å². The molecule has 0 aliphatic rings. The molecular weight excluding hydrogens is 333 g/mol. The molecule has 2 rings (SSSR count). The molecule has 0 bridgehead atoms. The number of allylic oxidation sites excluding steroid dienone is 1. The Morgan fingerprint density at radius 1 is 0.889 bits per heavy atom. The molecule has 0 saturated heterocycles. The van der Waals surface area contributed by atoms with E-state index in [1.165, 1.54) is 62.6 Å². The number of halogens is 1. The second-order valence-corrected chi connectivity index (χ2v) is 7.44. The molecular formula is C25H34FN. The van der Waals surface area contributed by atoms with E-state index >= 15 is 0 Å². The van der Waals surface area contributed by atoms with Crippen molar-refractivity contribution in [1.29, 1.82) is 0 Å². The monoisotopic (exact) mass is 367 g/mol. The van der Waals surface area contributed by atoms with Crippen molar-refractivity contribution in [3.8, 4) is 0 Å². The maximum Gasteiger partial charge on any atom is 0.123 e. The van der Waals surface area contributed by atoms with Crippen LogP contribution < -0.4 is 5.32 Å². The van der Waals surface area contributed by atoms with Crippen molar-refractivity contribution in [3.05, 3.63) is 83.8 Å². The van der Waals surface area contributed by atoms with E-state index in [2.05, 4.69) is 49.2 Å². The third-order valence-corrected chi connectivity index (χ3v) is 5.03. The fraction of sp³-hybridized carbons (Fsp3) is 0.440. The first-order valence-electron chi connectivity index (χ1n) is 10.4. The fourth-order valence-corrected chi connectivity index (χ4v) is 3.49. The number of aryl methyl sites for hydroxylation is 2. The van der Waals surface area contributed by atoms with Gasteiger partial charge in [0.15, 0.2) is 0 Å². The zero-order chi connectivity index (χ0) is 19.3. The van der Waals surface area contributed by atoms with Crippen molar-refractivity contribution in [2.75, 3.05) is 0 Å². The number of rotatable bonds is 13. The molecule has 0 amide bonds. The molecule has 1 N–H and O–H groups in total. The smallest absolute Gasteiger partial charge is 0.123 e. The normalized spacial score (nSPS) is 11.9. The summed E-state index contributed by atoms with van der Waals surface area (Å²) in [6.07, 6.45) is 10.4. The Morgan fingerprint density at radius 3 is 2.30 bits per heavy atom. The summed E-state index contributed by atoms with van der Waals surface area (Å²) in [6.45, 7) is 6.45. The molecule has 0 spiro atoms. The third kappa shape index (κ3) is 8.90. The number of unbranched alkanes of at least 4 members (excludes halogenated alkanes) is 2. The molecule has 0 radical (unpaired) electrons.